The summed E-state index contributed by atoms with van der Waals surface area (Å²) in [4.78, 5) is 12.3. The van der Waals surface area contributed by atoms with Crippen molar-refractivity contribution in [2.45, 2.75) is 30.8 Å². The van der Waals surface area contributed by atoms with Crippen LogP contribution in [0.4, 0.5) is 4.79 Å². The van der Waals surface area contributed by atoms with E-state index in [0.29, 0.717) is 13.0 Å². The maximum absolute atomic E-state index is 11.5. The van der Waals surface area contributed by atoms with Crippen LogP contribution in [0.3, 0.4) is 0 Å². The number of benzene rings is 1. The molecule has 0 aliphatic rings. The summed E-state index contributed by atoms with van der Waals surface area (Å²) in [6.07, 6.45) is 2.31. The number of urea groups is 1. The predicted octanol–water partition coefficient (Wildman–Crippen LogP) is 0.994. The highest BCUT2D eigenvalue weighted by Gasteiger charge is 2.08. The number of amides is 2. The summed E-state index contributed by atoms with van der Waals surface area (Å²) in [7, 11) is -0.988. The van der Waals surface area contributed by atoms with E-state index < -0.39 is 10.8 Å². The molecule has 0 aromatic heterocycles. The third-order valence-corrected chi connectivity index (χ3v) is 3.69. The molecule has 19 heavy (non-hydrogen) atoms. The molecule has 2 unspecified atom stereocenters. The highest BCUT2D eigenvalue weighted by atomic mass is 32.2. The van der Waals surface area contributed by atoms with Crippen LogP contribution in [0.15, 0.2) is 29.2 Å². The Kier molecular flexibility index (Phi) is 6.52. The minimum absolute atomic E-state index is 0.0685. The molecule has 2 amide bonds. The van der Waals surface area contributed by atoms with Crippen molar-refractivity contribution in [3.05, 3.63) is 29.8 Å². The Hall–Kier alpha value is -1.40. The van der Waals surface area contributed by atoms with Gasteiger partial charge in [-0.15, -0.1) is 0 Å². The van der Waals surface area contributed by atoms with Crippen molar-refractivity contribution in [2.24, 2.45) is 0 Å². The quantitative estimate of drug-likeness (QED) is 0.729. The summed E-state index contributed by atoms with van der Waals surface area (Å²) in [6.45, 7) is 2.22. The average molecular weight is 284 g/mol. The van der Waals surface area contributed by atoms with Gasteiger partial charge in [0.1, 0.15) is 0 Å². The first-order valence-electron chi connectivity index (χ1n) is 6.14. The monoisotopic (exact) mass is 284 g/mol. The molecule has 5 nitrogen and oxygen atoms in total. The first-order chi connectivity index (χ1) is 9.06. The molecule has 1 aromatic rings. The molecular weight excluding hydrogens is 264 g/mol. The van der Waals surface area contributed by atoms with Crippen LogP contribution < -0.4 is 10.6 Å². The van der Waals surface area contributed by atoms with Gasteiger partial charge in [0.15, 0.2) is 0 Å². The summed E-state index contributed by atoms with van der Waals surface area (Å²) in [5, 5.41) is 14.3. The third-order valence-electron chi connectivity index (χ3n) is 2.76. The first-order valence-corrected chi connectivity index (χ1v) is 7.70. The number of aliphatic hydroxyl groups excluding tert-OH is 1. The number of hydrogen-bond donors (Lipinski definition) is 3. The van der Waals surface area contributed by atoms with Crippen molar-refractivity contribution in [3.63, 3.8) is 0 Å². The van der Waals surface area contributed by atoms with E-state index in [1.165, 1.54) is 0 Å². The molecule has 0 aliphatic carbocycles. The minimum Gasteiger partial charge on any atom is -0.394 e. The van der Waals surface area contributed by atoms with Gasteiger partial charge in [0.05, 0.1) is 12.6 Å². The summed E-state index contributed by atoms with van der Waals surface area (Å²) < 4.78 is 11.2. The lowest BCUT2D eigenvalue weighted by atomic mass is 10.2. The average Bonchev–Trinajstić information content (AvgIpc) is 2.43. The summed E-state index contributed by atoms with van der Waals surface area (Å²) in [6, 6.07) is 6.72. The molecule has 0 radical (unpaired) electrons. The van der Waals surface area contributed by atoms with Crippen molar-refractivity contribution in [1.29, 1.82) is 0 Å². The molecule has 0 aliphatic heterocycles. The smallest absolute Gasteiger partial charge is 0.315 e. The number of nitrogens with one attached hydrogen (secondary N) is 2. The van der Waals surface area contributed by atoms with Gasteiger partial charge in [0.25, 0.3) is 0 Å². The number of aliphatic hydroxyl groups is 1. The van der Waals surface area contributed by atoms with Gasteiger partial charge in [-0.25, -0.2) is 4.79 Å². The van der Waals surface area contributed by atoms with Gasteiger partial charge in [-0.3, -0.25) is 4.21 Å². The van der Waals surface area contributed by atoms with E-state index in [1.807, 2.05) is 19.1 Å². The predicted molar refractivity (Wildman–Crippen MR) is 75.3 cm³/mol. The fraction of sp³-hybridized carbons (Fsp3) is 0.462. The summed E-state index contributed by atoms with van der Waals surface area (Å²) >= 11 is 0. The Morgan fingerprint density at radius 1 is 1.37 bits per heavy atom. The molecule has 2 atom stereocenters. The van der Waals surface area contributed by atoms with E-state index in [-0.39, 0.29) is 18.7 Å². The Morgan fingerprint density at radius 3 is 2.47 bits per heavy atom. The van der Waals surface area contributed by atoms with Crippen molar-refractivity contribution >= 4 is 16.8 Å². The van der Waals surface area contributed by atoms with E-state index in [4.69, 9.17) is 5.11 Å². The van der Waals surface area contributed by atoms with Crippen LogP contribution in [0.25, 0.3) is 0 Å². The van der Waals surface area contributed by atoms with E-state index in [0.717, 1.165) is 10.5 Å². The van der Waals surface area contributed by atoms with E-state index in [9.17, 15) is 9.00 Å². The molecule has 0 saturated heterocycles. The molecule has 3 N–H and O–H groups in total. The van der Waals surface area contributed by atoms with Crippen LogP contribution in [0, 0.1) is 0 Å². The molecular formula is C13H20N2O3S. The van der Waals surface area contributed by atoms with Crippen molar-refractivity contribution < 1.29 is 14.1 Å². The highest BCUT2D eigenvalue weighted by Crippen LogP contribution is 2.07. The summed E-state index contributed by atoms with van der Waals surface area (Å²) in [5.74, 6) is 0. The van der Waals surface area contributed by atoms with Crippen LogP contribution in [-0.4, -0.2) is 34.3 Å². The molecule has 6 heteroatoms. The molecule has 106 valence electrons. The Morgan fingerprint density at radius 2 is 2.00 bits per heavy atom. The molecule has 0 heterocycles. The van der Waals surface area contributed by atoms with Gasteiger partial charge in [-0.1, -0.05) is 19.1 Å². The van der Waals surface area contributed by atoms with Crippen LogP contribution in [0.2, 0.25) is 0 Å². The maximum Gasteiger partial charge on any atom is 0.315 e. The molecule has 0 saturated carbocycles. The number of carbonyl (C=O) groups is 1. The Bertz CT molecular complexity index is 430. The zero-order valence-electron chi connectivity index (χ0n) is 11.2. The molecule has 0 fully saturated rings. The van der Waals surface area contributed by atoms with Gasteiger partial charge in [-0.2, -0.15) is 0 Å². The Balaban J connectivity index is 2.43. The molecule has 0 bridgehead atoms. The maximum atomic E-state index is 11.5. The van der Waals surface area contributed by atoms with Gasteiger partial charge in [0, 0.05) is 28.5 Å². The fourth-order valence-electron chi connectivity index (χ4n) is 1.49. The third kappa shape index (κ3) is 5.40. The Labute approximate surface area is 115 Å². The molecule has 1 aromatic carbocycles. The lowest BCUT2D eigenvalue weighted by Crippen LogP contribution is -2.43. The van der Waals surface area contributed by atoms with Gasteiger partial charge in [-0.05, 0) is 24.1 Å². The van der Waals surface area contributed by atoms with Gasteiger partial charge in [0.2, 0.25) is 0 Å². The second-order valence-electron chi connectivity index (χ2n) is 4.21. The minimum atomic E-state index is -0.988. The zero-order chi connectivity index (χ0) is 14.3. The van der Waals surface area contributed by atoms with Crippen LogP contribution in [0.5, 0.6) is 0 Å². The highest BCUT2D eigenvalue weighted by molar-refractivity contribution is 7.84. The van der Waals surface area contributed by atoms with Gasteiger partial charge >= 0.3 is 6.03 Å². The zero-order valence-corrected chi connectivity index (χ0v) is 12.0. The molecule has 0 spiro atoms. The van der Waals surface area contributed by atoms with Gasteiger partial charge < -0.3 is 15.7 Å². The fourth-order valence-corrected chi connectivity index (χ4v) is 2.01. The van der Waals surface area contributed by atoms with E-state index in [1.54, 1.807) is 18.4 Å². The van der Waals surface area contributed by atoms with E-state index >= 15 is 0 Å². The summed E-state index contributed by atoms with van der Waals surface area (Å²) in [5.41, 5.74) is 0.932. The lowest BCUT2D eigenvalue weighted by molar-refractivity contribution is 0.214. The second-order valence-corrected chi connectivity index (χ2v) is 5.59. The second kappa shape index (κ2) is 7.91. The molecule has 1 rings (SSSR count). The van der Waals surface area contributed by atoms with E-state index in [2.05, 4.69) is 10.6 Å². The lowest BCUT2D eigenvalue weighted by Gasteiger charge is -2.14. The van der Waals surface area contributed by atoms with Crippen molar-refractivity contribution in [3.8, 4) is 0 Å². The topological polar surface area (TPSA) is 78.4 Å². The van der Waals surface area contributed by atoms with Crippen molar-refractivity contribution in [1.82, 2.24) is 10.6 Å². The number of hydrogen-bond acceptors (Lipinski definition) is 3. The number of carbonyl (C=O) groups excluding carboxylic acids is 1. The number of rotatable bonds is 6. The van der Waals surface area contributed by atoms with Crippen LogP contribution in [0.1, 0.15) is 18.9 Å². The van der Waals surface area contributed by atoms with Crippen LogP contribution >= 0.6 is 0 Å². The van der Waals surface area contributed by atoms with Crippen molar-refractivity contribution in [2.75, 3.05) is 12.9 Å². The normalized spacial score (nSPS) is 13.6. The van der Waals surface area contributed by atoms with Crippen LogP contribution in [-0.2, 0) is 17.3 Å². The SMILES string of the molecule is CCC(CO)NC(=O)NCc1ccc(S(C)=O)cc1. The largest absolute Gasteiger partial charge is 0.394 e. The first kappa shape index (κ1) is 15.7. The standard InChI is InChI=1S/C13H20N2O3S/c1-3-11(9-16)15-13(17)14-8-10-4-6-12(7-5-10)19(2)18/h4-7,11,16H,3,8-9H2,1-2H3,(H2,14,15,17).